The summed E-state index contributed by atoms with van der Waals surface area (Å²) >= 11 is 0. The predicted octanol–water partition coefficient (Wildman–Crippen LogP) is 3.09. The molecule has 0 atom stereocenters. The molecule has 1 amide bonds. The molecule has 0 fully saturated rings. The van der Waals surface area contributed by atoms with E-state index in [0.717, 1.165) is 0 Å². The lowest BCUT2D eigenvalue weighted by molar-refractivity contribution is 0.102. The normalized spacial score (nSPS) is 12.8. The van der Waals surface area contributed by atoms with E-state index in [4.69, 9.17) is 14.0 Å². The number of anilines is 1. The highest BCUT2D eigenvalue weighted by Gasteiger charge is 2.23. The van der Waals surface area contributed by atoms with E-state index in [1.165, 1.54) is 0 Å². The molecule has 1 N–H and O–H groups in total. The molecule has 3 rings (SSSR count). The molecule has 110 valence electrons. The first-order valence-corrected chi connectivity index (χ1v) is 6.73. The molecule has 6 nitrogen and oxygen atoms in total. The van der Waals surface area contributed by atoms with Crippen molar-refractivity contribution in [2.45, 2.75) is 26.7 Å². The molecule has 1 aliphatic rings. The number of carbonyl (C=O) groups is 1. The van der Waals surface area contributed by atoms with Crippen molar-refractivity contribution in [1.29, 1.82) is 0 Å². The van der Waals surface area contributed by atoms with Crippen molar-refractivity contribution < 1.29 is 18.8 Å². The molecule has 0 spiro atoms. The second kappa shape index (κ2) is 5.12. The van der Waals surface area contributed by atoms with E-state index < -0.39 is 0 Å². The third-order valence-corrected chi connectivity index (χ3v) is 3.27. The van der Waals surface area contributed by atoms with Crippen molar-refractivity contribution in [2.75, 3.05) is 12.1 Å². The van der Waals surface area contributed by atoms with Gasteiger partial charge in [0.1, 0.15) is 5.56 Å². The van der Waals surface area contributed by atoms with Crippen molar-refractivity contribution in [2.24, 2.45) is 0 Å². The Hall–Kier alpha value is -2.50. The van der Waals surface area contributed by atoms with Gasteiger partial charge in [-0.05, 0) is 19.1 Å². The van der Waals surface area contributed by atoms with Crippen LogP contribution >= 0.6 is 0 Å². The largest absolute Gasteiger partial charge is 0.454 e. The molecule has 1 aromatic carbocycles. The van der Waals surface area contributed by atoms with E-state index in [1.54, 1.807) is 25.1 Å². The number of carbonyl (C=O) groups excluding carboxylic acids is 1. The van der Waals surface area contributed by atoms with Crippen molar-refractivity contribution >= 4 is 11.6 Å². The number of rotatable bonds is 3. The molecule has 2 aromatic rings. The second-order valence-corrected chi connectivity index (χ2v) is 5.18. The zero-order valence-electron chi connectivity index (χ0n) is 12.1. The molecule has 0 saturated carbocycles. The lowest BCUT2D eigenvalue weighted by Crippen LogP contribution is -2.14. The van der Waals surface area contributed by atoms with E-state index >= 15 is 0 Å². The lowest BCUT2D eigenvalue weighted by atomic mass is 10.0. The minimum atomic E-state index is -0.240. The summed E-state index contributed by atoms with van der Waals surface area (Å²) in [4.78, 5) is 12.4. The van der Waals surface area contributed by atoms with Crippen LogP contribution in [0.5, 0.6) is 11.5 Å². The van der Waals surface area contributed by atoms with Crippen molar-refractivity contribution in [1.82, 2.24) is 5.16 Å². The molecule has 0 aliphatic carbocycles. The number of nitrogens with one attached hydrogen (secondary N) is 1. The highest BCUT2D eigenvalue weighted by molar-refractivity contribution is 6.05. The third kappa shape index (κ3) is 2.44. The lowest BCUT2D eigenvalue weighted by Gasteiger charge is -2.07. The van der Waals surface area contributed by atoms with E-state index in [2.05, 4.69) is 10.5 Å². The fourth-order valence-corrected chi connectivity index (χ4v) is 2.23. The van der Waals surface area contributed by atoms with Gasteiger partial charge in [0, 0.05) is 17.7 Å². The highest BCUT2D eigenvalue weighted by atomic mass is 16.7. The van der Waals surface area contributed by atoms with Crippen LogP contribution in [0.2, 0.25) is 0 Å². The van der Waals surface area contributed by atoms with Gasteiger partial charge in [-0.3, -0.25) is 4.79 Å². The Bertz CT molecular complexity index is 691. The molecular weight excluding hydrogens is 272 g/mol. The fraction of sp³-hybridized carbons (Fsp3) is 0.333. The summed E-state index contributed by atoms with van der Waals surface area (Å²) in [7, 11) is 0. The smallest absolute Gasteiger partial charge is 0.261 e. The minimum absolute atomic E-state index is 0.0868. The van der Waals surface area contributed by atoms with Crippen LogP contribution in [0.1, 0.15) is 41.6 Å². The van der Waals surface area contributed by atoms with Crippen molar-refractivity contribution in [3.8, 4) is 11.5 Å². The van der Waals surface area contributed by atoms with Crippen molar-refractivity contribution in [3.05, 3.63) is 35.2 Å². The average molecular weight is 288 g/mol. The summed E-state index contributed by atoms with van der Waals surface area (Å²) in [5, 5.41) is 6.71. The van der Waals surface area contributed by atoms with Gasteiger partial charge < -0.3 is 19.3 Å². The summed E-state index contributed by atoms with van der Waals surface area (Å²) in [6.45, 7) is 5.87. The van der Waals surface area contributed by atoms with E-state index in [-0.39, 0.29) is 18.6 Å². The molecule has 6 heteroatoms. The minimum Gasteiger partial charge on any atom is -0.454 e. The fourth-order valence-electron chi connectivity index (χ4n) is 2.23. The van der Waals surface area contributed by atoms with Gasteiger partial charge in [-0.1, -0.05) is 19.0 Å². The number of aromatic nitrogens is 1. The number of hydrogen-bond donors (Lipinski definition) is 1. The number of ether oxygens (including phenoxy) is 2. The van der Waals surface area contributed by atoms with Crippen LogP contribution in [-0.2, 0) is 0 Å². The van der Waals surface area contributed by atoms with Crippen molar-refractivity contribution in [3.63, 3.8) is 0 Å². The van der Waals surface area contributed by atoms with Crippen LogP contribution in [0, 0.1) is 6.92 Å². The maximum atomic E-state index is 12.4. The number of aryl methyl sites for hydroxylation is 1. The second-order valence-electron chi connectivity index (χ2n) is 5.18. The SMILES string of the molecule is Cc1noc(C(C)C)c1C(=O)Nc1ccc2c(c1)OCO2. The van der Waals surface area contributed by atoms with Gasteiger partial charge in [0.2, 0.25) is 6.79 Å². The molecule has 1 aliphatic heterocycles. The summed E-state index contributed by atoms with van der Waals surface area (Å²) in [6.07, 6.45) is 0. The van der Waals surface area contributed by atoms with Gasteiger partial charge >= 0.3 is 0 Å². The Morgan fingerprint density at radius 1 is 1.29 bits per heavy atom. The Balaban J connectivity index is 1.85. The Kier molecular flexibility index (Phi) is 3.29. The molecule has 0 bridgehead atoms. The predicted molar refractivity (Wildman–Crippen MR) is 75.8 cm³/mol. The van der Waals surface area contributed by atoms with E-state index in [9.17, 15) is 4.79 Å². The maximum absolute atomic E-state index is 12.4. The Morgan fingerprint density at radius 3 is 2.81 bits per heavy atom. The molecule has 0 radical (unpaired) electrons. The maximum Gasteiger partial charge on any atom is 0.261 e. The first-order valence-electron chi connectivity index (χ1n) is 6.73. The zero-order valence-corrected chi connectivity index (χ0v) is 12.1. The summed E-state index contributed by atoms with van der Waals surface area (Å²) in [6, 6.07) is 5.27. The topological polar surface area (TPSA) is 73.6 Å². The number of benzene rings is 1. The highest BCUT2D eigenvalue weighted by Crippen LogP contribution is 2.34. The van der Waals surface area contributed by atoms with Gasteiger partial charge in [0.25, 0.3) is 5.91 Å². The molecule has 21 heavy (non-hydrogen) atoms. The first-order chi connectivity index (χ1) is 10.1. The number of amides is 1. The number of fused-ring (bicyclic) bond motifs is 1. The van der Waals surface area contributed by atoms with Crippen LogP contribution in [0.15, 0.2) is 22.7 Å². The van der Waals surface area contributed by atoms with Gasteiger partial charge in [0.05, 0.1) is 5.69 Å². The molecule has 0 unspecified atom stereocenters. The van der Waals surface area contributed by atoms with Crippen LogP contribution < -0.4 is 14.8 Å². The van der Waals surface area contributed by atoms with Gasteiger partial charge in [-0.15, -0.1) is 0 Å². The van der Waals surface area contributed by atoms with Crippen LogP contribution in [0.25, 0.3) is 0 Å². The average Bonchev–Trinajstić information content (AvgIpc) is 3.04. The van der Waals surface area contributed by atoms with Crippen LogP contribution in [0.3, 0.4) is 0 Å². The van der Waals surface area contributed by atoms with E-state index in [0.29, 0.717) is 34.2 Å². The third-order valence-electron chi connectivity index (χ3n) is 3.27. The quantitative estimate of drug-likeness (QED) is 0.939. The summed E-state index contributed by atoms with van der Waals surface area (Å²) < 4.78 is 15.8. The Labute approximate surface area is 122 Å². The first kappa shape index (κ1) is 13.5. The van der Waals surface area contributed by atoms with Gasteiger partial charge in [-0.2, -0.15) is 0 Å². The molecule has 2 heterocycles. The van der Waals surface area contributed by atoms with Gasteiger partial charge in [0.15, 0.2) is 17.3 Å². The zero-order chi connectivity index (χ0) is 15.0. The summed E-state index contributed by atoms with van der Waals surface area (Å²) in [5.41, 5.74) is 1.71. The molecular formula is C15H16N2O4. The Morgan fingerprint density at radius 2 is 2.05 bits per heavy atom. The van der Waals surface area contributed by atoms with Crippen LogP contribution in [0.4, 0.5) is 5.69 Å². The molecule has 1 aromatic heterocycles. The van der Waals surface area contributed by atoms with Gasteiger partial charge in [-0.25, -0.2) is 0 Å². The standard InChI is InChI=1S/C15H16N2O4/c1-8(2)14-13(9(3)17-21-14)15(18)16-10-4-5-11-12(6-10)20-7-19-11/h4-6,8H,7H2,1-3H3,(H,16,18). The monoisotopic (exact) mass is 288 g/mol. The van der Waals surface area contributed by atoms with Crippen LogP contribution in [-0.4, -0.2) is 17.9 Å². The molecule has 0 saturated heterocycles. The van der Waals surface area contributed by atoms with E-state index in [1.807, 2.05) is 13.8 Å². The summed E-state index contributed by atoms with van der Waals surface area (Å²) in [5.74, 6) is 1.74. The number of nitrogens with zero attached hydrogens (tertiary/aromatic N) is 1. The number of hydrogen-bond acceptors (Lipinski definition) is 5.